The number of amides is 1. The Morgan fingerprint density at radius 2 is 1.94 bits per heavy atom. The van der Waals surface area contributed by atoms with Gasteiger partial charge in [-0.3, -0.25) is 14.2 Å². The average molecular weight is 499 g/mol. The molecule has 194 valence electrons. The molecular weight excluding hydrogens is 464 g/mol. The number of hydrogen-bond donors (Lipinski definition) is 3. The highest BCUT2D eigenvalue weighted by Gasteiger charge is 2.32. The first kappa shape index (κ1) is 25.9. The minimum atomic E-state index is -1.04. The van der Waals surface area contributed by atoms with E-state index in [1.807, 2.05) is 0 Å². The molecule has 2 heterocycles. The van der Waals surface area contributed by atoms with E-state index < -0.39 is 18.4 Å². The number of carbonyl (C=O) groups is 2. The van der Waals surface area contributed by atoms with E-state index in [9.17, 15) is 14.7 Å². The Labute approximate surface area is 210 Å². The van der Waals surface area contributed by atoms with Gasteiger partial charge in [0.15, 0.2) is 17.6 Å². The van der Waals surface area contributed by atoms with Crippen molar-refractivity contribution in [2.24, 2.45) is 11.8 Å². The van der Waals surface area contributed by atoms with Gasteiger partial charge in [0.05, 0.1) is 25.5 Å². The fraction of sp³-hybridized carbons (Fsp3) is 0.640. The molecule has 11 nitrogen and oxygen atoms in total. The Balaban J connectivity index is 1.44. The maximum Gasteiger partial charge on any atom is 0.308 e. The van der Waals surface area contributed by atoms with Crippen LogP contribution in [0.5, 0.6) is 0 Å². The molecule has 2 aliphatic rings. The van der Waals surface area contributed by atoms with Crippen molar-refractivity contribution in [1.82, 2.24) is 24.8 Å². The molecule has 3 atom stereocenters. The van der Waals surface area contributed by atoms with Gasteiger partial charge >= 0.3 is 5.97 Å². The van der Waals surface area contributed by atoms with E-state index in [1.54, 1.807) is 11.5 Å². The number of rotatable bonds is 8. The summed E-state index contributed by atoms with van der Waals surface area (Å²) < 4.78 is 12.4. The lowest BCUT2D eigenvalue weighted by molar-refractivity contribution is -0.150. The van der Waals surface area contributed by atoms with Crippen LogP contribution in [0.4, 0.5) is 5.82 Å². The lowest BCUT2D eigenvalue weighted by Gasteiger charge is -2.25. The predicted molar refractivity (Wildman–Crippen MR) is 131 cm³/mol. The molecule has 0 aliphatic heterocycles. The van der Waals surface area contributed by atoms with Crippen molar-refractivity contribution in [2.75, 3.05) is 12.8 Å². The predicted octanol–water partition coefficient (Wildman–Crippen LogP) is 1.69. The second-order valence-corrected chi connectivity index (χ2v) is 9.68. The standard InChI is InChI=1S/C25H34N6O5/c1-14(32)21(24(33)28-18-11-12-18)36-15(2)31-13-27-20-22(26)29-19(30-23(20)31)6-4-5-16-7-9-17(10-8-16)25(34)35-3/h13-18,21,32H,5,7-12H2,1-3H3,(H,28,33)(H2,26,29,30)/t14?,15-,16?,17?,21+/m1/s1. The highest BCUT2D eigenvalue weighted by molar-refractivity contribution is 5.83. The summed E-state index contributed by atoms with van der Waals surface area (Å²) in [5.41, 5.74) is 6.96. The van der Waals surface area contributed by atoms with E-state index in [2.05, 4.69) is 32.1 Å². The molecule has 1 amide bonds. The fourth-order valence-electron chi connectivity index (χ4n) is 4.49. The van der Waals surface area contributed by atoms with Crippen LogP contribution >= 0.6 is 0 Å². The van der Waals surface area contributed by atoms with Gasteiger partial charge in [-0.05, 0) is 64.2 Å². The number of carbonyl (C=O) groups excluding carboxylic acids is 2. The van der Waals surface area contributed by atoms with Gasteiger partial charge in [-0.1, -0.05) is 5.92 Å². The highest BCUT2D eigenvalue weighted by atomic mass is 16.5. The summed E-state index contributed by atoms with van der Waals surface area (Å²) in [5, 5.41) is 13.0. The summed E-state index contributed by atoms with van der Waals surface area (Å²) in [6, 6.07) is 0.156. The molecule has 0 aromatic carbocycles. The average Bonchev–Trinajstić information content (AvgIpc) is 3.56. The third-order valence-electron chi connectivity index (χ3n) is 6.78. The molecule has 2 aliphatic carbocycles. The number of methoxy groups -OCH3 is 1. The van der Waals surface area contributed by atoms with Crippen LogP contribution in [-0.2, 0) is 19.1 Å². The summed E-state index contributed by atoms with van der Waals surface area (Å²) in [6.07, 6.45) is 4.89. The molecule has 0 spiro atoms. The number of anilines is 1. The first-order valence-electron chi connectivity index (χ1n) is 12.5. The number of ether oxygens (including phenoxy) is 2. The summed E-state index contributed by atoms with van der Waals surface area (Å²) in [4.78, 5) is 37.3. The van der Waals surface area contributed by atoms with Gasteiger partial charge in [0.2, 0.25) is 5.82 Å². The monoisotopic (exact) mass is 498 g/mol. The van der Waals surface area contributed by atoms with Crippen molar-refractivity contribution in [3.63, 3.8) is 0 Å². The minimum absolute atomic E-state index is 0.0116. The SMILES string of the molecule is COC(=O)C1CCC(CC#Cc2nc(N)c3ncn([C@@H](C)O[C@H](C(=O)NC4CC4)C(C)O)c3n2)CC1. The highest BCUT2D eigenvalue weighted by Crippen LogP contribution is 2.31. The van der Waals surface area contributed by atoms with Crippen LogP contribution in [0.3, 0.4) is 0 Å². The van der Waals surface area contributed by atoms with Crippen molar-refractivity contribution in [3.8, 4) is 11.8 Å². The van der Waals surface area contributed by atoms with Crippen molar-refractivity contribution in [1.29, 1.82) is 0 Å². The maximum atomic E-state index is 12.5. The van der Waals surface area contributed by atoms with Crippen LogP contribution in [-0.4, -0.2) is 61.9 Å². The van der Waals surface area contributed by atoms with Crippen LogP contribution in [0.15, 0.2) is 6.33 Å². The van der Waals surface area contributed by atoms with Crippen LogP contribution in [0, 0.1) is 23.7 Å². The largest absolute Gasteiger partial charge is 0.469 e. The number of fused-ring (bicyclic) bond motifs is 1. The van der Waals surface area contributed by atoms with E-state index in [-0.39, 0.29) is 35.5 Å². The molecular formula is C25H34N6O5. The lowest BCUT2D eigenvalue weighted by atomic mass is 9.81. The molecule has 0 radical (unpaired) electrons. The summed E-state index contributed by atoms with van der Waals surface area (Å²) in [6.45, 7) is 3.26. The van der Waals surface area contributed by atoms with Crippen molar-refractivity contribution in [2.45, 2.75) is 83.3 Å². The maximum absolute atomic E-state index is 12.5. The Kier molecular flexibility index (Phi) is 8.06. The van der Waals surface area contributed by atoms with Crippen LogP contribution in [0.2, 0.25) is 0 Å². The van der Waals surface area contributed by atoms with Crippen molar-refractivity contribution in [3.05, 3.63) is 12.2 Å². The molecule has 1 unspecified atom stereocenters. The first-order valence-corrected chi connectivity index (χ1v) is 12.5. The zero-order valence-electron chi connectivity index (χ0n) is 20.9. The Hall–Kier alpha value is -3.23. The third kappa shape index (κ3) is 6.12. The molecule has 0 bridgehead atoms. The lowest BCUT2D eigenvalue weighted by Crippen LogP contribution is -2.44. The topological polar surface area (TPSA) is 154 Å². The third-order valence-corrected chi connectivity index (χ3v) is 6.78. The second-order valence-electron chi connectivity index (χ2n) is 9.68. The number of nitrogens with two attached hydrogens (primary N) is 1. The minimum Gasteiger partial charge on any atom is -0.469 e. The number of esters is 1. The number of hydrogen-bond acceptors (Lipinski definition) is 9. The summed E-state index contributed by atoms with van der Waals surface area (Å²) in [5.74, 6) is 6.56. The van der Waals surface area contributed by atoms with E-state index in [0.717, 1.165) is 38.5 Å². The quantitative estimate of drug-likeness (QED) is 0.364. The first-order chi connectivity index (χ1) is 17.3. The molecule has 2 aromatic heterocycles. The molecule has 4 N–H and O–H groups in total. The molecule has 0 saturated heterocycles. The number of imidazole rings is 1. The van der Waals surface area contributed by atoms with Gasteiger partial charge in [0.25, 0.3) is 5.91 Å². The van der Waals surface area contributed by atoms with Gasteiger partial charge in [-0.25, -0.2) is 15.0 Å². The van der Waals surface area contributed by atoms with Gasteiger partial charge in [0, 0.05) is 12.5 Å². The Morgan fingerprint density at radius 1 is 1.22 bits per heavy atom. The van der Waals surface area contributed by atoms with Gasteiger partial charge < -0.3 is 25.6 Å². The number of nitrogen functional groups attached to an aromatic ring is 1. The van der Waals surface area contributed by atoms with Gasteiger partial charge in [-0.15, -0.1) is 0 Å². The van der Waals surface area contributed by atoms with Crippen LogP contribution in [0.25, 0.3) is 11.2 Å². The zero-order valence-corrected chi connectivity index (χ0v) is 20.9. The van der Waals surface area contributed by atoms with Crippen LogP contribution in [0.1, 0.15) is 70.8 Å². The van der Waals surface area contributed by atoms with E-state index >= 15 is 0 Å². The number of aliphatic hydroxyl groups is 1. The van der Waals surface area contributed by atoms with E-state index in [0.29, 0.717) is 23.5 Å². The smallest absolute Gasteiger partial charge is 0.308 e. The van der Waals surface area contributed by atoms with E-state index in [1.165, 1.54) is 20.4 Å². The normalized spacial score (nSPS) is 22.2. The molecule has 2 fully saturated rings. The van der Waals surface area contributed by atoms with Crippen molar-refractivity contribution >= 4 is 28.9 Å². The zero-order chi connectivity index (χ0) is 25.8. The molecule has 2 saturated carbocycles. The number of aliphatic hydroxyl groups excluding tert-OH is 1. The molecule has 2 aromatic rings. The number of nitrogens with one attached hydrogen (secondary N) is 1. The van der Waals surface area contributed by atoms with Gasteiger partial charge in [-0.2, -0.15) is 0 Å². The fourth-order valence-corrected chi connectivity index (χ4v) is 4.49. The molecule has 4 rings (SSSR count). The number of nitrogens with zero attached hydrogens (tertiary/aromatic N) is 4. The Bertz CT molecular complexity index is 1160. The molecule has 11 heteroatoms. The second kappa shape index (κ2) is 11.2. The number of aromatic nitrogens is 4. The molecule has 36 heavy (non-hydrogen) atoms. The summed E-state index contributed by atoms with van der Waals surface area (Å²) >= 11 is 0. The van der Waals surface area contributed by atoms with Gasteiger partial charge in [0.1, 0.15) is 11.7 Å². The van der Waals surface area contributed by atoms with E-state index in [4.69, 9.17) is 15.2 Å². The Morgan fingerprint density at radius 3 is 2.58 bits per heavy atom. The summed E-state index contributed by atoms with van der Waals surface area (Å²) in [7, 11) is 1.43. The van der Waals surface area contributed by atoms with Crippen LogP contribution < -0.4 is 11.1 Å². The van der Waals surface area contributed by atoms with Crippen molar-refractivity contribution < 1.29 is 24.2 Å².